The van der Waals surface area contributed by atoms with Crippen LogP contribution in [-0.4, -0.2) is 42.4 Å². The van der Waals surface area contributed by atoms with Gasteiger partial charge in [-0.2, -0.15) is 0 Å². The Labute approximate surface area is 167 Å². The summed E-state index contributed by atoms with van der Waals surface area (Å²) >= 11 is 3.41. The van der Waals surface area contributed by atoms with E-state index in [1.165, 1.54) is 7.11 Å². The number of halogens is 1. The molecule has 1 amide bonds. The lowest BCUT2D eigenvalue weighted by molar-refractivity contribution is -0.140. The summed E-state index contributed by atoms with van der Waals surface area (Å²) in [6.45, 7) is 2.22. The molecule has 0 saturated heterocycles. The highest BCUT2D eigenvalue weighted by atomic mass is 79.9. The highest BCUT2D eigenvalue weighted by Gasteiger charge is 2.52. The minimum Gasteiger partial charge on any atom is -0.469 e. The fraction of sp³-hybridized carbons (Fsp3) is 0.500. The Bertz CT molecular complexity index is 720. The van der Waals surface area contributed by atoms with Crippen LogP contribution in [0.25, 0.3) is 0 Å². The van der Waals surface area contributed by atoms with Crippen molar-refractivity contribution in [3.05, 3.63) is 40.4 Å². The molecule has 2 atom stereocenters. The largest absolute Gasteiger partial charge is 0.469 e. The van der Waals surface area contributed by atoms with Gasteiger partial charge in [-0.05, 0) is 37.5 Å². The van der Waals surface area contributed by atoms with E-state index in [1.54, 1.807) is 30.0 Å². The number of carbonyl (C=O) groups excluding carboxylic acids is 2. The van der Waals surface area contributed by atoms with Gasteiger partial charge in [0, 0.05) is 35.5 Å². The lowest BCUT2D eigenvalue weighted by Crippen LogP contribution is -2.44. The quantitative estimate of drug-likeness (QED) is 0.350. The van der Waals surface area contributed by atoms with Crippen molar-refractivity contribution in [2.24, 2.45) is 5.92 Å². The highest BCUT2D eigenvalue weighted by molar-refractivity contribution is 9.10. The van der Waals surface area contributed by atoms with Gasteiger partial charge in [-0.3, -0.25) is 9.59 Å². The first-order valence-electron chi connectivity index (χ1n) is 9.05. The molecule has 0 unspecified atom stereocenters. The second kappa shape index (κ2) is 9.48. The van der Waals surface area contributed by atoms with Crippen molar-refractivity contribution in [1.82, 2.24) is 0 Å². The molecule has 6 nitrogen and oxygen atoms in total. The van der Waals surface area contributed by atoms with Crippen LogP contribution in [0.2, 0.25) is 0 Å². The molecule has 0 spiro atoms. The SMILES string of the molecule is COC(=O)CCCCN1C(=O)[C@](O)([C@H](C)/C=C/CCO)c2cc(Br)ccc21. The highest BCUT2D eigenvalue weighted by Crippen LogP contribution is 2.46. The number of benzene rings is 1. The van der Waals surface area contributed by atoms with Crippen LogP contribution in [0.15, 0.2) is 34.8 Å². The van der Waals surface area contributed by atoms with E-state index in [-0.39, 0.29) is 18.5 Å². The summed E-state index contributed by atoms with van der Waals surface area (Å²) < 4.78 is 5.42. The van der Waals surface area contributed by atoms with Gasteiger partial charge in [0.25, 0.3) is 5.91 Å². The van der Waals surface area contributed by atoms with Gasteiger partial charge in [0.05, 0.1) is 12.8 Å². The van der Waals surface area contributed by atoms with E-state index < -0.39 is 11.5 Å². The molecule has 1 aromatic carbocycles. The molecular formula is C20H26BrNO5. The van der Waals surface area contributed by atoms with Crippen LogP contribution in [0.3, 0.4) is 0 Å². The minimum atomic E-state index is -1.66. The number of hydrogen-bond donors (Lipinski definition) is 2. The van der Waals surface area contributed by atoms with Gasteiger partial charge >= 0.3 is 5.97 Å². The van der Waals surface area contributed by atoms with E-state index in [0.717, 1.165) is 4.47 Å². The molecule has 0 radical (unpaired) electrons. The molecule has 148 valence electrons. The number of amides is 1. The van der Waals surface area contributed by atoms with Crippen LogP contribution in [0, 0.1) is 5.92 Å². The van der Waals surface area contributed by atoms with E-state index in [4.69, 9.17) is 5.11 Å². The maximum Gasteiger partial charge on any atom is 0.305 e. The van der Waals surface area contributed by atoms with Gasteiger partial charge in [0.2, 0.25) is 0 Å². The Hall–Kier alpha value is -1.70. The third kappa shape index (κ3) is 4.59. The number of hydrogen-bond acceptors (Lipinski definition) is 5. The van der Waals surface area contributed by atoms with Crippen LogP contribution in [0.4, 0.5) is 5.69 Å². The molecule has 1 heterocycles. The zero-order valence-electron chi connectivity index (χ0n) is 15.7. The number of anilines is 1. The van der Waals surface area contributed by atoms with Gasteiger partial charge in [-0.1, -0.05) is 35.0 Å². The van der Waals surface area contributed by atoms with Crippen LogP contribution in [0.5, 0.6) is 0 Å². The predicted octanol–water partition coefficient (Wildman–Crippen LogP) is 2.90. The molecule has 1 aromatic rings. The number of rotatable bonds is 9. The molecule has 0 bridgehead atoms. The van der Waals surface area contributed by atoms with Gasteiger partial charge in [0.15, 0.2) is 5.60 Å². The van der Waals surface area contributed by atoms with Crippen molar-refractivity contribution in [2.45, 2.75) is 38.2 Å². The Morgan fingerprint density at radius 1 is 1.41 bits per heavy atom. The maximum atomic E-state index is 13.1. The molecule has 0 fully saturated rings. The standard InChI is InChI=1S/C20H26BrNO5/c1-14(7-4-6-12-23)20(26)16-13-15(21)9-10-17(16)22(19(20)25)11-5-3-8-18(24)27-2/h4,7,9-10,13-14,23,26H,3,5-6,8,11-12H2,1-2H3/b7-4+/t14-,20+/m1/s1. The molecule has 2 rings (SSSR count). The van der Waals surface area contributed by atoms with Gasteiger partial charge in [-0.15, -0.1) is 0 Å². The number of nitrogens with zero attached hydrogens (tertiary/aromatic N) is 1. The van der Waals surface area contributed by atoms with E-state index in [2.05, 4.69) is 20.7 Å². The lowest BCUT2D eigenvalue weighted by atomic mass is 9.83. The number of fused-ring (bicyclic) bond motifs is 1. The molecule has 1 aliphatic heterocycles. The summed E-state index contributed by atoms with van der Waals surface area (Å²) in [6.07, 6.45) is 5.54. The lowest BCUT2D eigenvalue weighted by Gasteiger charge is -2.27. The fourth-order valence-corrected chi connectivity index (χ4v) is 3.66. The topological polar surface area (TPSA) is 87.1 Å². The van der Waals surface area contributed by atoms with Crippen molar-refractivity contribution in [1.29, 1.82) is 0 Å². The van der Waals surface area contributed by atoms with Crippen molar-refractivity contribution in [3.63, 3.8) is 0 Å². The Morgan fingerprint density at radius 2 is 2.15 bits per heavy atom. The molecular weight excluding hydrogens is 414 g/mol. The number of esters is 1. The zero-order valence-corrected chi connectivity index (χ0v) is 17.2. The first-order chi connectivity index (χ1) is 12.9. The summed E-state index contributed by atoms with van der Waals surface area (Å²) in [6, 6.07) is 5.43. The predicted molar refractivity (Wildman–Crippen MR) is 106 cm³/mol. The van der Waals surface area contributed by atoms with E-state index in [1.807, 2.05) is 12.1 Å². The van der Waals surface area contributed by atoms with E-state index in [0.29, 0.717) is 43.5 Å². The van der Waals surface area contributed by atoms with Gasteiger partial charge < -0.3 is 19.8 Å². The minimum absolute atomic E-state index is 0.0179. The summed E-state index contributed by atoms with van der Waals surface area (Å²) in [4.78, 5) is 26.0. The smallest absolute Gasteiger partial charge is 0.305 e. The molecule has 0 saturated carbocycles. The van der Waals surface area contributed by atoms with Crippen LogP contribution < -0.4 is 4.90 Å². The monoisotopic (exact) mass is 439 g/mol. The maximum absolute atomic E-state index is 13.1. The van der Waals surface area contributed by atoms with Crippen LogP contribution in [0.1, 0.15) is 38.2 Å². The average Bonchev–Trinajstić information content (AvgIpc) is 2.87. The Balaban J connectivity index is 2.24. The van der Waals surface area contributed by atoms with Gasteiger partial charge in [-0.25, -0.2) is 0 Å². The summed E-state index contributed by atoms with van der Waals surface area (Å²) in [5, 5.41) is 20.3. The number of carbonyl (C=O) groups is 2. The number of methoxy groups -OCH3 is 1. The fourth-order valence-electron chi connectivity index (χ4n) is 3.30. The zero-order chi connectivity index (χ0) is 20.0. The van der Waals surface area contributed by atoms with E-state index >= 15 is 0 Å². The number of unbranched alkanes of at least 4 members (excludes halogenated alkanes) is 1. The van der Waals surface area contributed by atoms with Crippen molar-refractivity contribution >= 4 is 33.5 Å². The van der Waals surface area contributed by atoms with Crippen LogP contribution in [-0.2, 0) is 19.9 Å². The average molecular weight is 440 g/mol. The molecule has 0 aromatic heterocycles. The molecule has 7 heteroatoms. The van der Waals surface area contributed by atoms with Crippen molar-refractivity contribution in [3.8, 4) is 0 Å². The molecule has 2 N–H and O–H groups in total. The second-order valence-corrected chi connectivity index (χ2v) is 7.56. The summed E-state index contributed by atoms with van der Waals surface area (Å²) in [5.41, 5.74) is -0.407. The normalized spacial score (nSPS) is 20.2. The number of aliphatic hydroxyl groups is 2. The van der Waals surface area contributed by atoms with Crippen molar-refractivity contribution in [2.75, 3.05) is 25.2 Å². The van der Waals surface area contributed by atoms with Crippen molar-refractivity contribution < 1.29 is 24.5 Å². The second-order valence-electron chi connectivity index (χ2n) is 6.65. The first kappa shape index (κ1) is 21.6. The number of ether oxygens (including phenoxy) is 1. The van der Waals surface area contributed by atoms with Crippen LogP contribution >= 0.6 is 15.9 Å². The summed E-state index contributed by atoms with van der Waals surface area (Å²) in [5.74, 6) is -1.09. The number of aliphatic hydroxyl groups excluding tert-OH is 1. The Morgan fingerprint density at radius 3 is 2.81 bits per heavy atom. The van der Waals surface area contributed by atoms with Gasteiger partial charge in [0.1, 0.15) is 0 Å². The third-order valence-electron chi connectivity index (χ3n) is 4.85. The Kier molecular flexibility index (Phi) is 7.59. The van der Waals surface area contributed by atoms with E-state index in [9.17, 15) is 14.7 Å². The molecule has 1 aliphatic rings. The first-order valence-corrected chi connectivity index (χ1v) is 9.84. The molecule has 0 aliphatic carbocycles. The summed E-state index contributed by atoms with van der Waals surface area (Å²) in [7, 11) is 1.35. The molecule has 27 heavy (non-hydrogen) atoms. The third-order valence-corrected chi connectivity index (χ3v) is 5.34.